The van der Waals surface area contributed by atoms with E-state index in [4.69, 9.17) is 9.47 Å². The highest BCUT2D eigenvalue weighted by atomic mass is 19.1. The van der Waals surface area contributed by atoms with Gasteiger partial charge in [0.15, 0.2) is 0 Å². The van der Waals surface area contributed by atoms with Gasteiger partial charge < -0.3 is 25.0 Å². The molecule has 3 fully saturated rings. The molecule has 0 radical (unpaired) electrons. The molecule has 52 heavy (non-hydrogen) atoms. The molecule has 1 spiro atoms. The predicted molar refractivity (Wildman–Crippen MR) is 188 cm³/mol. The van der Waals surface area contributed by atoms with Crippen LogP contribution in [0.15, 0.2) is 54.8 Å². The third kappa shape index (κ3) is 6.72. The second kappa shape index (κ2) is 13.2. The summed E-state index contributed by atoms with van der Waals surface area (Å²) in [6, 6.07) is 9.67. The van der Waals surface area contributed by atoms with Gasteiger partial charge in [-0.3, -0.25) is 14.4 Å². The van der Waals surface area contributed by atoms with Crippen LogP contribution < -0.4 is 10.6 Å². The number of imide groups is 1. The van der Waals surface area contributed by atoms with Crippen molar-refractivity contribution in [1.82, 2.24) is 15.1 Å². The van der Waals surface area contributed by atoms with E-state index >= 15 is 0 Å². The second-order valence-corrected chi connectivity index (χ2v) is 15.8. The zero-order valence-corrected chi connectivity index (χ0v) is 29.9. The topological polar surface area (TPSA) is 134 Å². The third-order valence-electron chi connectivity index (χ3n) is 11.0. The Bertz CT molecular complexity index is 1890. The molecule has 5 amide bonds. The minimum atomic E-state index is -1.68. The molecule has 274 valence electrons. The lowest BCUT2D eigenvalue weighted by atomic mass is 9.69. The van der Waals surface area contributed by atoms with Gasteiger partial charge in [0, 0.05) is 29.8 Å². The maximum atomic E-state index is 14.6. The van der Waals surface area contributed by atoms with Crippen LogP contribution in [-0.4, -0.2) is 63.4 Å². The number of hydrogen-bond donors (Lipinski definition) is 2. The van der Waals surface area contributed by atoms with Crippen LogP contribution in [0.5, 0.6) is 0 Å². The smallest absolute Gasteiger partial charge is 0.418 e. The number of benzene rings is 2. The molecule has 1 saturated heterocycles. The van der Waals surface area contributed by atoms with E-state index in [-0.39, 0.29) is 30.2 Å². The van der Waals surface area contributed by atoms with Gasteiger partial charge in [-0.1, -0.05) is 18.7 Å². The van der Waals surface area contributed by atoms with Crippen LogP contribution in [0.25, 0.3) is 0 Å². The number of ether oxygens (including phenoxy) is 2. The first-order valence-corrected chi connectivity index (χ1v) is 18.1. The van der Waals surface area contributed by atoms with Crippen LogP contribution in [0.1, 0.15) is 88.0 Å². The maximum Gasteiger partial charge on any atom is 0.418 e. The van der Waals surface area contributed by atoms with E-state index in [1.165, 1.54) is 12.1 Å². The van der Waals surface area contributed by atoms with Crippen molar-refractivity contribution in [3.8, 4) is 0 Å². The first-order valence-electron chi connectivity index (χ1n) is 18.1. The Labute approximate surface area is 302 Å². The Morgan fingerprint density at radius 2 is 1.79 bits per heavy atom. The monoisotopic (exact) mass is 712 g/mol. The molecule has 3 aliphatic carbocycles. The highest BCUT2D eigenvalue weighted by Crippen LogP contribution is 2.50. The van der Waals surface area contributed by atoms with E-state index in [0.717, 1.165) is 34.4 Å². The van der Waals surface area contributed by atoms with E-state index in [2.05, 4.69) is 22.9 Å². The van der Waals surface area contributed by atoms with Crippen LogP contribution in [0.3, 0.4) is 0 Å². The number of nitrogens with one attached hydrogen (secondary N) is 2. The number of amides is 5. The van der Waals surface area contributed by atoms with Crippen LogP contribution in [-0.2, 0) is 48.8 Å². The average Bonchev–Trinajstić information content (AvgIpc) is 4.01. The fraction of sp³-hybridized carbons (Fsp3) is 0.500. The van der Waals surface area contributed by atoms with Gasteiger partial charge in [0.25, 0.3) is 5.91 Å². The second-order valence-electron chi connectivity index (χ2n) is 15.8. The van der Waals surface area contributed by atoms with Gasteiger partial charge in [-0.15, -0.1) is 5.73 Å². The molecule has 2 aliphatic heterocycles. The van der Waals surface area contributed by atoms with Crippen molar-refractivity contribution < 1.29 is 37.8 Å². The van der Waals surface area contributed by atoms with Crippen molar-refractivity contribution in [2.75, 3.05) is 11.9 Å². The Balaban J connectivity index is 1.13. The lowest BCUT2D eigenvalue weighted by molar-refractivity contribution is -0.147. The number of halogens is 1. The number of rotatable bonds is 8. The highest BCUT2D eigenvalue weighted by molar-refractivity contribution is 6.07. The van der Waals surface area contributed by atoms with Crippen molar-refractivity contribution in [3.63, 3.8) is 0 Å². The number of nitrogens with zero attached hydrogens (tertiary/aromatic N) is 2. The number of carbonyl (C=O) groups excluding carboxylic acids is 5. The summed E-state index contributed by atoms with van der Waals surface area (Å²) in [5, 5.41) is 5.61. The van der Waals surface area contributed by atoms with Crippen LogP contribution in [0.4, 0.5) is 19.7 Å². The van der Waals surface area contributed by atoms with Crippen molar-refractivity contribution >= 4 is 35.6 Å². The van der Waals surface area contributed by atoms with Crippen LogP contribution in [0.2, 0.25) is 0 Å². The molecule has 3 atom stereocenters. The van der Waals surface area contributed by atoms with Gasteiger partial charge in [0.05, 0.1) is 0 Å². The van der Waals surface area contributed by atoms with Crippen molar-refractivity contribution in [2.24, 2.45) is 11.8 Å². The number of fused-ring (bicyclic) bond motifs is 3. The molecule has 2 N–H and O–H groups in total. The molecule has 7 rings (SSSR count). The van der Waals surface area contributed by atoms with Gasteiger partial charge in [-0.05, 0) is 132 Å². The molecule has 0 aromatic heterocycles. The van der Waals surface area contributed by atoms with Crippen LogP contribution in [0, 0.1) is 17.7 Å². The zero-order valence-electron chi connectivity index (χ0n) is 29.9. The molecular weight excluding hydrogens is 667 g/mol. The summed E-state index contributed by atoms with van der Waals surface area (Å²) in [5.74, 6) is -1.78. The molecule has 0 bridgehead atoms. The summed E-state index contributed by atoms with van der Waals surface area (Å²) >= 11 is 0. The molecule has 12 heteroatoms. The molecule has 11 nitrogen and oxygen atoms in total. The lowest BCUT2D eigenvalue weighted by Gasteiger charge is -2.39. The first-order chi connectivity index (χ1) is 24.7. The average molecular weight is 713 g/mol. The first kappa shape index (κ1) is 35.4. The van der Waals surface area contributed by atoms with Gasteiger partial charge >= 0.3 is 12.2 Å². The summed E-state index contributed by atoms with van der Waals surface area (Å²) in [6.45, 7) is 8.71. The van der Waals surface area contributed by atoms with Gasteiger partial charge in [-0.25, -0.2) is 18.9 Å². The Kier molecular flexibility index (Phi) is 9.01. The minimum absolute atomic E-state index is 0.0747. The summed E-state index contributed by atoms with van der Waals surface area (Å²) in [7, 11) is 0. The van der Waals surface area contributed by atoms with Crippen molar-refractivity contribution in [1.29, 1.82) is 0 Å². The molecule has 5 aliphatic rings. The summed E-state index contributed by atoms with van der Waals surface area (Å²) in [5.41, 5.74) is 2.71. The molecule has 2 heterocycles. The van der Waals surface area contributed by atoms with E-state index in [0.29, 0.717) is 62.1 Å². The molecule has 1 unspecified atom stereocenters. The Hall–Kier alpha value is -4.96. The standard InChI is InChI=1S/C40H45FN4O7/c1-5-6-7-28-13-10-26-21-30(42-34(47)39(18-19-39)43-36(49)51-38(2,3)4)15-16-31(26)40(28)35(48)45(37(50)52-40)23-33(46)44-22-27-11-14-29(41)20-25(27)12-17-32(44)24-8-9-24/h6,11,14-16,20-21,24,28,32H,1,7-10,12-13,17-19,22-23H2,2-4H3,(H,42,47)(H,43,49)/t28?,32-,40+/m0/s1. The predicted octanol–water partition coefficient (Wildman–Crippen LogP) is 6.04. The number of carbonyl (C=O) groups is 5. The van der Waals surface area contributed by atoms with E-state index in [1.807, 2.05) is 0 Å². The zero-order chi connectivity index (χ0) is 37.0. The Morgan fingerprint density at radius 3 is 2.48 bits per heavy atom. The van der Waals surface area contributed by atoms with Gasteiger partial charge in [0.2, 0.25) is 17.4 Å². The summed E-state index contributed by atoms with van der Waals surface area (Å²) < 4.78 is 25.5. The largest absolute Gasteiger partial charge is 0.444 e. The number of alkyl carbamates (subject to hydrolysis) is 1. The number of hydrogen-bond acceptors (Lipinski definition) is 7. The van der Waals surface area contributed by atoms with Gasteiger partial charge in [-0.2, -0.15) is 0 Å². The van der Waals surface area contributed by atoms with Crippen LogP contribution >= 0.6 is 0 Å². The summed E-state index contributed by atoms with van der Waals surface area (Å²) in [6.07, 6.45) is 5.78. The Morgan fingerprint density at radius 1 is 1.04 bits per heavy atom. The fourth-order valence-corrected chi connectivity index (χ4v) is 8.08. The van der Waals surface area contributed by atoms with Crippen molar-refractivity contribution in [3.05, 3.63) is 82.9 Å². The number of aryl methyl sites for hydroxylation is 2. The maximum absolute atomic E-state index is 14.6. The quantitative estimate of drug-likeness (QED) is 0.319. The number of anilines is 1. The minimum Gasteiger partial charge on any atom is -0.444 e. The normalized spacial score (nSPS) is 24.5. The SMILES string of the molecule is C=C=CCC1CCc2cc(NC(=O)C3(NC(=O)OC(C)(C)C)CC3)ccc2[C@]12OC(=O)N(CC(=O)N1Cc3ccc(F)cc3CC[C@H]1C1CC1)C2=O. The van der Waals surface area contributed by atoms with Gasteiger partial charge in [0.1, 0.15) is 23.5 Å². The number of allylic oxidation sites excluding steroid dienone is 1. The van der Waals surface area contributed by atoms with E-state index in [9.17, 15) is 28.4 Å². The molecule has 2 saturated carbocycles. The highest BCUT2D eigenvalue weighted by Gasteiger charge is 2.62. The van der Waals surface area contributed by atoms with Crippen molar-refractivity contribution in [2.45, 2.75) is 108 Å². The fourth-order valence-electron chi connectivity index (χ4n) is 8.08. The van der Waals surface area contributed by atoms with E-state index in [1.54, 1.807) is 56.0 Å². The lowest BCUT2D eigenvalue weighted by Crippen LogP contribution is -2.50. The summed E-state index contributed by atoms with van der Waals surface area (Å²) in [4.78, 5) is 70.8. The third-order valence-corrected chi connectivity index (χ3v) is 11.0. The van der Waals surface area contributed by atoms with E-state index < -0.39 is 47.3 Å². The molecule has 2 aromatic rings. The molecule has 2 aromatic carbocycles. The molecular formula is C40H45FN4O7.